The molecule has 72 heavy (non-hydrogen) atoms. The van der Waals surface area contributed by atoms with E-state index >= 15 is 0 Å². The lowest BCUT2D eigenvalue weighted by Gasteiger charge is -2.43. The Bertz CT molecular complexity index is 2910. The predicted molar refractivity (Wildman–Crippen MR) is 266 cm³/mol. The molecule has 0 aliphatic carbocycles. The number of urea groups is 3. The maximum atomic E-state index is 14.7. The number of rotatable bonds is 16. The van der Waals surface area contributed by atoms with Gasteiger partial charge in [-0.15, -0.1) is 0 Å². The summed E-state index contributed by atoms with van der Waals surface area (Å²) in [6, 6.07) is 29.4. The molecule has 2 spiro atoms. The topological polar surface area (TPSA) is 240 Å². The maximum Gasteiger partial charge on any atom is 0.338 e. The molecule has 382 valence electrons. The van der Waals surface area contributed by atoms with Crippen molar-refractivity contribution in [3.8, 4) is 0 Å². The van der Waals surface area contributed by atoms with Gasteiger partial charge in [0.15, 0.2) is 9.84 Å². The number of imide groups is 2. The van der Waals surface area contributed by atoms with Gasteiger partial charge in [-0.1, -0.05) is 84.9 Å². The van der Waals surface area contributed by atoms with Crippen molar-refractivity contribution < 1.29 is 45.6 Å². The van der Waals surface area contributed by atoms with E-state index in [1.165, 1.54) is 41.3 Å². The summed E-state index contributed by atoms with van der Waals surface area (Å²) in [6.45, 7) is 3.17. The first-order valence-electron chi connectivity index (χ1n) is 24.0. The van der Waals surface area contributed by atoms with Gasteiger partial charge in [0.05, 0.1) is 35.0 Å². The van der Waals surface area contributed by atoms with E-state index in [0.29, 0.717) is 88.9 Å². The molecule has 2 atom stereocenters. The Morgan fingerprint density at radius 3 is 1.32 bits per heavy atom. The van der Waals surface area contributed by atoms with Gasteiger partial charge in [0.25, 0.3) is 21.7 Å². The number of sulfone groups is 2. The van der Waals surface area contributed by atoms with Crippen molar-refractivity contribution in [3.63, 3.8) is 0 Å². The van der Waals surface area contributed by atoms with Crippen LogP contribution in [-0.4, -0.2) is 152 Å². The monoisotopic (exact) mass is 1020 g/mol. The van der Waals surface area contributed by atoms with Gasteiger partial charge in [-0.25, -0.2) is 31.2 Å². The summed E-state index contributed by atoms with van der Waals surface area (Å²) in [5.41, 5.74) is 5.93. The molecule has 4 heterocycles. The molecule has 0 unspecified atom stereocenters. The number of likely N-dealkylation sites (tertiary alicyclic amines) is 2. The zero-order chi connectivity index (χ0) is 51.6. The second kappa shape index (κ2) is 20.8. The number of nitrogens with two attached hydrogens (primary N) is 1. The molecular weight excluding hydrogens is 963 g/mol. The standard InChI is InChI=1S/C51H61N9O10S2/c1-55(2)49(66)60(42(38-10-6-4-7-11-38)22-28-56-30-24-50(25-31-56)44(61)58(47(64)53-50)34-36-14-18-40(19-15-36)71(3,67)68)43(39-12-8-5-9-13-39)23-29-57-32-26-51(27-33-57)45(62)59(48(65)54-51)35-37-16-20-41(21-17-37)72(69,70)46(52)63/h4-21,42-43H,22-35H2,1-3H3,(H2,52,63)(H,53,64)(H,54,65)/t42-,43-/m0/s1. The SMILES string of the molecule is CN(C)C(=O)N([C@@H](CCN1CCC2(CC1)NC(=O)N(Cc1ccc(S(C)(=O)=O)cc1)C2=O)c1ccccc1)[C@@H](CCN1CCC2(CC1)NC(=O)N(Cc1ccc(S(=O)(=O)C(N)=O)cc1)C2=O)c1ccccc1. The molecule has 21 heteroatoms. The van der Waals surface area contributed by atoms with Crippen LogP contribution in [0.1, 0.15) is 72.9 Å². The van der Waals surface area contributed by atoms with Crippen LogP contribution < -0.4 is 16.4 Å². The number of benzene rings is 4. The van der Waals surface area contributed by atoms with Crippen LogP contribution in [0, 0.1) is 0 Å². The van der Waals surface area contributed by atoms with Crippen LogP contribution in [0.5, 0.6) is 0 Å². The molecular formula is C51H61N9O10S2. The Labute approximate surface area is 420 Å². The van der Waals surface area contributed by atoms with E-state index < -0.39 is 48.1 Å². The third-order valence-corrected chi connectivity index (χ3v) is 17.1. The van der Waals surface area contributed by atoms with Crippen LogP contribution >= 0.6 is 0 Å². The number of hydrogen-bond acceptors (Lipinski definition) is 12. The fourth-order valence-corrected chi connectivity index (χ4v) is 11.7. The minimum absolute atomic E-state index is 0.0191. The fraction of sp³-hybridized carbons (Fsp3) is 0.412. The van der Waals surface area contributed by atoms with Crippen molar-refractivity contribution in [2.75, 3.05) is 59.6 Å². The third kappa shape index (κ3) is 10.7. The largest absolute Gasteiger partial charge is 0.356 e. The highest BCUT2D eigenvalue weighted by atomic mass is 32.2. The van der Waals surface area contributed by atoms with Crippen molar-refractivity contribution in [1.29, 1.82) is 0 Å². The smallest absolute Gasteiger partial charge is 0.338 e. The highest BCUT2D eigenvalue weighted by Crippen LogP contribution is 2.39. The van der Waals surface area contributed by atoms with Gasteiger partial charge >= 0.3 is 23.3 Å². The lowest BCUT2D eigenvalue weighted by atomic mass is 9.87. The zero-order valence-corrected chi connectivity index (χ0v) is 42.2. The Kier molecular flexibility index (Phi) is 14.9. The van der Waals surface area contributed by atoms with E-state index in [1.807, 2.05) is 65.6 Å². The minimum Gasteiger partial charge on any atom is -0.356 e. The molecule has 19 nitrogen and oxygen atoms in total. The number of nitrogens with one attached hydrogen (secondary N) is 2. The number of carbonyl (C=O) groups excluding carboxylic acids is 6. The van der Waals surface area contributed by atoms with Crippen molar-refractivity contribution in [2.45, 2.75) is 84.6 Å². The average Bonchev–Trinajstić information content (AvgIpc) is 3.73. The molecule has 4 aromatic rings. The van der Waals surface area contributed by atoms with Crippen LogP contribution in [0.25, 0.3) is 0 Å². The van der Waals surface area contributed by atoms with Gasteiger partial charge in [-0.05, 0) is 85.0 Å². The summed E-state index contributed by atoms with van der Waals surface area (Å²) >= 11 is 0. The van der Waals surface area contributed by atoms with Crippen molar-refractivity contribution >= 4 is 54.8 Å². The molecule has 0 aromatic heterocycles. The lowest BCUT2D eigenvalue weighted by molar-refractivity contribution is -0.134. The van der Waals surface area contributed by atoms with E-state index in [1.54, 1.807) is 31.1 Å². The van der Waals surface area contributed by atoms with E-state index in [0.717, 1.165) is 22.3 Å². The maximum absolute atomic E-state index is 14.7. The second-order valence-corrected chi connectivity index (χ2v) is 23.3. The van der Waals surface area contributed by atoms with Gasteiger partial charge in [0.1, 0.15) is 11.1 Å². The van der Waals surface area contributed by atoms with E-state index in [9.17, 15) is 45.6 Å². The summed E-state index contributed by atoms with van der Waals surface area (Å²) in [5.74, 6) is -0.664. The number of nitrogens with zero attached hydrogens (tertiary/aromatic N) is 6. The van der Waals surface area contributed by atoms with Gasteiger partial charge in [-0.2, -0.15) is 0 Å². The number of hydrogen-bond donors (Lipinski definition) is 3. The van der Waals surface area contributed by atoms with Gasteiger partial charge < -0.3 is 36.0 Å². The second-order valence-electron chi connectivity index (χ2n) is 19.4. The zero-order valence-electron chi connectivity index (χ0n) is 40.6. The number of carbonyl (C=O) groups is 6. The third-order valence-electron chi connectivity index (χ3n) is 14.5. The summed E-state index contributed by atoms with van der Waals surface area (Å²) in [4.78, 5) is 90.8. The van der Waals surface area contributed by atoms with Crippen molar-refractivity contribution in [1.82, 2.24) is 40.0 Å². The molecule has 0 radical (unpaired) electrons. The highest BCUT2D eigenvalue weighted by Gasteiger charge is 2.53. The van der Waals surface area contributed by atoms with Crippen LogP contribution in [0.2, 0.25) is 0 Å². The fourth-order valence-electron chi connectivity index (χ4n) is 10.3. The van der Waals surface area contributed by atoms with Crippen molar-refractivity contribution in [2.24, 2.45) is 5.73 Å². The van der Waals surface area contributed by atoms with E-state index in [-0.39, 0.29) is 52.8 Å². The first-order valence-corrected chi connectivity index (χ1v) is 27.3. The van der Waals surface area contributed by atoms with Gasteiger partial charge in [-0.3, -0.25) is 24.2 Å². The molecule has 4 fully saturated rings. The Morgan fingerprint density at radius 2 is 0.972 bits per heavy atom. The molecule has 4 saturated heterocycles. The Hall–Kier alpha value is -6.68. The molecule has 4 aromatic carbocycles. The predicted octanol–water partition coefficient (Wildman–Crippen LogP) is 4.66. The summed E-state index contributed by atoms with van der Waals surface area (Å²) in [7, 11) is -4.24. The summed E-state index contributed by atoms with van der Waals surface area (Å²) < 4.78 is 48.3. The number of amides is 9. The van der Waals surface area contributed by atoms with Crippen LogP contribution in [-0.2, 0) is 42.4 Å². The van der Waals surface area contributed by atoms with E-state index in [4.69, 9.17) is 5.73 Å². The average molecular weight is 1020 g/mol. The van der Waals surface area contributed by atoms with Crippen LogP contribution in [0.4, 0.5) is 19.2 Å². The minimum atomic E-state index is -4.33. The quantitative estimate of drug-likeness (QED) is 0.130. The lowest BCUT2D eigenvalue weighted by Crippen LogP contribution is -2.55. The molecule has 4 aliphatic heterocycles. The molecule has 9 amide bonds. The molecule has 0 saturated carbocycles. The molecule has 4 aliphatic rings. The Morgan fingerprint density at radius 1 is 0.597 bits per heavy atom. The summed E-state index contributed by atoms with van der Waals surface area (Å²) in [6.07, 6.45) is 3.76. The molecule has 4 N–H and O–H groups in total. The van der Waals surface area contributed by atoms with Crippen LogP contribution in [0.3, 0.4) is 0 Å². The van der Waals surface area contributed by atoms with Gasteiger partial charge in [0.2, 0.25) is 0 Å². The highest BCUT2D eigenvalue weighted by molar-refractivity contribution is 8.06. The number of piperidine rings is 2. The van der Waals surface area contributed by atoms with Crippen LogP contribution in [0.15, 0.2) is 119 Å². The summed E-state index contributed by atoms with van der Waals surface area (Å²) in [5, 5.41) is 4.45. The number of primary amides is 1. The first-order chi connectivity index (χ1) is 34.2. The molecule has 8 rings (SSSR count). The normalized spacial score (nSPS) is 19.0. The molecule has 0 bridgehead atoms. The van der Waals surface area contributed by atoms with Crippen molar-refractivity contribution in [3.05, 3.63) is 131 Å². The first kappa shape index (κ1) is 51.7. The van der Waals surface area contributed by atoms with Gasteiger partial charge in [0, 0.05) is 59.6 Å². The van der Waals surface area contributed by atoms with E-state index in [2.05, 4.69) is 20.4 Å². The Balaban J connectivity index is 0.938.